The molecule has 9 nitrogen and oxygen atoms in total. The Labute approximate surface area is 133 Å². The Morgan fingerprint density at radius 1 is 0.591 bits per heavy atom. The van der Waals surface area contributed by atoms with Crippen molar-refractivity contribution in [3.8, 4) is 0 Å². The minimum atomic E-state index is -4.64. The van der Waals surface area contributed by atoms with Gasteiger partial charge in [-0.05, 0) is 0 Å². The van der Waals surface area contributed by atoms with E-state index in [-0.39, 0.29) is 5.48 Å². The third-order valence-corrected chi connectivity index (χ3v) is 1.71. The van der Waals surface area contributed by atoms with E-state index < -0.39 is 15.6 Å². The first-order chi connectivity index (χ1) is 9.41. The number of rotatable bonds is 6. The monoisotopic (exact) mass is 372 g/mol. The summed E-state index contributed by atoms with van der Waals surface area (Å²) in [7, 11) is -9.28. The summed E-state index contributed by atoms with van der Waals surface area (Å²) in [6, 6.07) is 0. The highest BCUT2D eigenvalue weighted by atomic mass is 31.2. The zero-order valence-corrected chi connectivity index (χ0v) is 15.6. The van der Waals surface area contributed by atoms with Gasteiger partial charge >= 0.3 is 15.6 Å². The Hall–Kier alpha value is 0.180. The van der Waals surface area contributed by atoms with Gasteiger partial charge in [0.25, 0.3) is 0 Å². The average molecular weight is 372 g/mol. The molecule has 0 aliphatic carbocycles. The Balaban J connectivity index is -0.0000000644. The van der Waals surface area contributed by atoms with Crippen LogP contribution in [0, 0.1) is 0 Å². The maximum absolute atomic E-state index is 8.88. The van der Waals surface area contributed by atoms with Crippen LogP contribution in [0.15, 0.2) is 0 Å². The van der Waals surface area contributed by atoms with E-state index in [0.29, 0.717) is 0 Å². The first-order valence-electron chi connectivity index (χ1n) is 6.98. The van der Waals surface area contributed by atoms with Crippen LogP contribution in [0.5, 0.6) is 0 Å². The largest absolute Gasteiger partial charge is 0.466 e. The van der Waals surface area contributed by atoms with Crippen LogP contribution in [0.25, 0.3) is 0 Å². The second kappa shape index (κ2) is 23.4. The van der Waals surface area contributed by atoms with Crippen molar-refractivity contribution in [1.82, 2.24) is 0 Å². The van der Waals surface area contributed by atoms with Gasteiger partial charge in [0.05, 0.1) is 0 Å². The number of phosphoric acid groups is 2. The Morgan fingerprint density at radius 2 is 0.727 bits per heavy atom. The van der Waals surface area contributed by atoms with Crippen molar-refractivity contribution in [2.45, 2.75) is 72.6 Å². The topological polar surface area (TPSA) is 187 Å². The highest BCUT2D eigenvalue weighted by Gasteiger charge is 2.00. The lowest BCUT2D eigenvalue weighted by molar-refractivity contribution is 0.272. The molecule has 142 valence electrons. The Bertz CT molecular complexity index is 220. The molecule has 0 aromatic rings. The summed E-state index contributed by atoms with van der Waals surface area (Å²) < 4.78 is 17.8. The Morgan fingerprint density at radius 3 is 0.864 bits per heavy atom. The second-order valence-corrected chi connectivity index (χ2v) is 5.85. The normalized spacial score (nSPS) is 9.73. The number of hydrogen-bond donors (Lipinski definition) is 6. The van der Waals surface area contributed by atoms with E-state index in [1.54, 1.807) is 0 Å². The van der Waals surface area contributed by atoms with Crippen molar-refractivity contribution in [2.75, 3.05) is 0 Å². The molecule has 0 aliphatic heterocycles. The van der Waals surface area contributed by atoms with Crippen LogP contribution < -0.4 is 0 Å². The Kier molecular flexibility index (Phi) is 35.9. The molecule has 0 saturated carbocycles. The van der Waals surface area contributed by atoms with E-state index in [2.05, 4.69) is 13.8 Å². The van der Waals surface area contributed by atoms with Gasteiger partial charge in [-0.3, -0.25) is 0 Å². The fourth-order valence-electron chi connectivity index (χ4n) is 1.03. The zero-order chi connectivity index (χ0) is 17.9. The summed E-state index contributed by atoms with van der Waals surface area (Å²) in [6.45, 7) is 8.53. The van der Waals surface area contributed by atoms with Crippen molar-refractivity contribution < 1.29 is 44.0 Å². The molecule has 0 amide bonds. The molecule has 0 spiro atoms. The standard InChI is InChI=1S/C9H20.C2H6.2H3O4P.H2O/c1-3-5-7-9-8-6-4-2;1-2;2*1-5(2,3)4;/h3-9H2,1-2H3;1-2H3;2*(H3,1,2,3,4);1H2. The fraction of sp³-hybridized carbons (Fsp3) is 1.00. The molecule has 0 aromatic carbocycles. The molecule has 0 fully saturated rings. The molecular formula is C11H34O9P2. The van der Waals surface area contributed by atoms with Gasteiger partial charge in [0.15, 0.2) is 0 Å². The second-order valence-electron chi connectivity index (χ2n) is 3.79. The summed E-state index contributed by atoms with van der Waals surface area (Å²) >= 11 is 0. The third-order valence-electron chi connectivity index (χ3n) is 1.71. The van der Waals surface area contributed by atoms with Crippen molar-refractivity contribution in [3.63, 3.8) is 0 Å². The van der Waals surface area contributed by atoms with Gasteiger partial charge in [0.1, 0.15) is 0 Å². The van der Waals surface area contributed by atoms with Crippen LogP contribution in [0.2, 0.25) is 0 Å². The number of unbranched alkanes of at least 4 members (excludes halogenated alkanes) is 6. The van der Waals surface area contributed by atoms with E-state index in [4.69, 9.17) is 38.5 Å². The van der Waals surface area contributed by atoms with Gasteiger partial charge in [0, 0.05) is 0 Å². The molecule has 11 heteroatoms. The van der Waals surface area contributed by atoms with Gasteiger partial charge in [-0.25, -0.2) is 9.13 Å². The van der Waals surface area contributed by atoms with E-state index in [0.717, 1.165) is 0 Å². The first kappa shape index (κ1) is 33.7. The molecular weight excluding hydrogens is 338 g/mol. The van der Waals surface area contributed by atoms with Crippen LogP contribution in [0.3, 0.4) is 0 Å². The van der Waals surface area contributed by atoms with Crippen LogP contribution in [0.4, 0.5) is 0 Å². The predicted octanol–water partition coefficient (Wildman–Crippen LogP) is 2.10. The number of hydrogen-bond acceptors (Lipinski definition) is 2. The summed E-state index contributed by atoms with van der Waals surface area (Å²) in [6.07, 6.45) is 9.97. The molecule has 0 aliphatic rings. The minimum absolute atomic E-state index is 0. The maximum atomic E-state index is 8.88. The molecule has 0 bridgehead atoms. The van der Waals surface area contributed by atoms with Gasteiger partial charge in [-0.15, -0.1) is 0 Å². The summed E-state index contributed by atoms with van der Waals surface area (Å²) in [5.74, 6) is 0. The first-order valence-corrected chi connectivity index (χ1v) is 10.1. The third kappa shape index (κ3) is 194. The molecule has 0 unspecified atom stereocenters. The molecule has 0 aromatic heterocycles. The van der Waals surface area contributed by atoms with Crippen molar-refractivity contribution in [2.24, 2.45) is 0 Å². The predicted molar refractivity (Wildman–Crippen MR) is 87.2 cm³/mol. The van der Waals surface area contributed by atoms with Crippen LogP contribution >= 0.6 is 15.6 Å². The van der Waals surface area contributed by atoms with Crippen LogP contribution in [0.1, 0.15) is 72.6 Å². The summed E-state index contributed by atoms with van der Waals surface area (Å²) in [5.41, 5.74) is 0. The zero-order valence-electron chi connectivity index (χ0n) is 13.8. The molecule has 0 radical (unpaired) electrons. The van der Waals surface area contributed by atoms with E-state index in [1.165, 1.54) is 44.9 Å². The lowest BCUT2D eigenvalue weighted by Gasteiger charge is -1.96. The molecule has 8 N–H and O–H groups in total. The molecule has 22 heavy (non-hydrogen) atoms. The highest BCUT2D eigenvalue weighted by Crippen LogP contribution is 2.26. The van der Waals surface area contributed by atoms with Crippen molar-refractivity contribution in [3.05, 3.63) is 0 Å². The quantitative estimate of drug-likeness (QED) is 0.302. The summed E-state index contributed by atoms with van der Waals surface area (Å²) in [4.78, 5) is 43.1. The molecule has 0 saturated heterocycles. The van der Waals surface area contributed by atoms with Gasteiger partial charge in [-0.2, -0.15) is 0 Å². The highest BCUT2D eigenvalue weighted by molar-refractivity contribution is 7.45. The molecule has 0 heterocycles. The minimum Gasteiger partial charge on any atom is -0.412 e. The van der Waals surface area contributed by atoms with Crippen LogP contribution in [-0.4, -0.2) is 34.8 Å². The van der Waals surface area contributed by atoms with E-state index >= 15 is 0 Å². The SMILES string of the molecule is CC.CCCCCCCCC.O.O=P(O)(O)O.O=P(O)(O)O. The lowest BCUT2D eigenvalue weighted by Crippen LogP contribution is -1.76. The fourth-order valence-corrected chi connectivity index (χ4v) is 1.03. The molecule has 0 atom stereocenters. The van der Waals surface area contributed by atoms with Gasteiger partial charge in [0.2, 0.25) is 0 Å². The van der Waals surface area contributed by atoms with Crippen LogP contribution in [-0.2, 0) is 9.13 Å². The van der Waals surface area contributed by atoms with E-state index in [9.17, 15) is 0 Å². The smallest absolute Gasteiger partial charge is 0.412 e. The average Bonchev–Trinajstić information content (AvgIpc) is 2.27. The van der Waals surface area contributed by atoms with E-state index in [1.807, 2.05) is 13.8 Å². The van der Waals surface area contributed by atoms with Crippen molar-refractivity contribution >= 4 is 15.6 Å². The lowest BCUT2D eigenvalue weighted by atomic mass is 10.1. The van der Waals surface area contributed by atoms with Crippen molar-refractivity contribution in [1.29, 1.82) is 0 Å². The molecule has 0 rings (SSSR count). The van der Waals surface area contributed by atoms with Gasteiger partial charge < -0.3 is 34.8 Å². The summed E-state index contributed by atoms with van der Waals surface area (Å²) in [5, 5.41) is 0. The van der Waals surface area contributed by atoms with Gasteiger partial charge in [-0.1, -0.05) is 72.6 Å². The maximum Gasteiger partial charge on any atom is 0.466 e.